The molecule has 0 spiro atoms. The number of halogens is 2. The van der Waals surface area contributed by atoms with Crippen LogP contribution in [0.4, 0.5) is 5.69 Å². The molecular formula is C24H28Cl2N4O4. The number of nitrogens with zero attached hydrogens (tertiary/aromatic N) is 2. The van der Waals surface area contributed by atoms with Crippen molar-refractivity contribution in [3.8, 4) is 22.9 Å². The summed E-state index contributed by atoms with van der Waals surface area (Å²) in [6.07, 6.45) is 3.45. The molecule has 0 aliphatic carbocycles. The largest absolute Gasteiger partial charge is 0.497 e. The van der Waals surface area contributed by atoms with Crippen LogP contribution in [0.25, 0.3) is 5.69 Å². The first-order valence-electron chi connectivity index (χ1n) is 10.7. The molecule has 1 aliphatic rings. The van der Waals surface area contributed by atoms with E-state index in [1.807, 2.05) is 28.9 Å². The van der Waals surface area contributed by atoms with Gasteiger partial charge in [-0.05, 0) is 56.3 Å². The Balaban J connectivity index is 0.00000324. The second-order valence-electron chi connectivity index (χ2n) is 7.72. The van der Waals surface area contributed by atoms with Crippen molar-refractivity contribution in [3.63, 3.8) is 0 Å². The third-order valence-corrected chi connectivity index (χ3v) is 6.11. The molecule has 0 atom stereocenters. The lowest BCUT2D eigenvalue weighted by molar-refractivity contribution is 0.102. The van der Waals surface area contributed by atoms with Crippen LogP contribution in [0.1, 0.15) is 34.8 Å². The molecule has 1 saturated heterocycles. The summed E-state index contributed by atoms with van der Waals surface area (Å²) in [5.41, 5.74) is 2.74. The van der Waals surface area contributed by atoms with Gasteiger partial charge in [0.1, 0.15) is 17.2 Å². The smallest absolute Gasteiger partial charge is 0.259 e. The molecule has 2 heterocycles. The number of carbonyl (C=O) groups is 1. The van der Waals surface area contributed by atoms with Crippen LogP contribution in [0.15, 0.2) is 42.6 Å². The van der Waals surface area contributed by atoms with Crippen molar-refractivity contribution in [2.75, 3.05) is 39.7 Å². The van der Waals surface area contributed by atoms with Gasteiger partial charge in [-0.3, -0.25) is 4.79 Å². The van der Waals surface area contributed by atoms with E-state index in [0.717, 1.165) is 43.1 Å². The maximum absolute atomic E-state index is 13.4. The third-order valence-electron chi connectivity index (χ3n) is 5.82. The summed E-state index contributed by atoms with van der Waals surface area (Å²) in [5.74, 6) is 1.60. The number of carbonyl (C=O) groups excluding carboxylic acids is 1. The topological polar surface area (TPSA) is 86.6 Å². The van der Waals surface area contributed by atoms with E-state index in [0.29, 0.717) is 27.8 Å². The number of rotatable bonds is 7. The Morgan fingerprint density at radius 2 is 1.74 bits per heavy atom. The molecule has 34 heavy (non-hydrogen) atoms. The van der Waals surface area contributed by atoms with E-state index in [4.69, 9.17) is 25.8 Å². The van der Waals surface area contributed by atoms with Crippen LogP contribution in [0, 0.1) is 0 Å². The quantitative estimate of drug-likeness (QED) is 0.483. The SMILES string of the molecule is COc1ccc(-n2ncc(C(=O)Nc3cc(Cl)c(OC)cc3OC)c2C2CCNCC2)cc1.Cl. The number of ether oxygens (including phenoxy) is 3. The zero-order valence-corrected chi connectivity index (χ0v) is 20.8. The molecule has 182 valence electrons. The molecule has 1 aliphatic heterocycles. The molecule has 2 N–H and O–H groups in total. The number of aromatic nitrogens is 2. The van der Waals surface area contributed by atoms with Crippen LogP contribution in [-0.2, 0) is 0 Å². The van der Waals surface area contributed by atoms with Crippen molar-refractivity contribution in [1.29, 1.82) is 0 Å². The van der Waals surface area contributed by atoms with Gasteiger partial charge in [-0.1, -0.05) is 11.6 Å². The molecule has 10 heteroatoms. The molecule has 8 nitrogen and oxygen atoms in total. The normalized spacial score (nSPS) is 13.6. The van der Waals surface area contributed by atoms with Gasteiger partial charge in [0.2, 0.25) is 0 Å². The Kier molecular flexibility index (Phi) is 8.66. The molecule has 1 amide bonds. The summed E-state index contributed by atoms with van der Waals surface area (Å²) >= 11 is 6.28. The van der Waals surface area contributed by atoms with Crippen LogP contribution >= 0.6 is 24.0 Å². The molecule has 0 unspecified atom stereocenters. The molecule has 3 aromatic rings. The van der Waals surface area contributed by atoms with Gasteiger partial charge in [0, 0.05) is 12.0 Å². The highest BCUT2D eigenvalue weighted by atomic mass is 35.5. The van der Waals surface area contributed by atoms with Crippen molar-refractivity contribution in [2.24, 2.45) is 0 Å². The lowest BCUT2D eigenvalue weighted by Gasteiger charge is -2.25. The van der Waals surface area contributed by atoms with E-state index >= 15 is 0 Å². The summed E-state index contributed by atoms with van der Waals surface area (Å²) in [7, 11) is 4.68. The van der Waals surface area contributed by atoms with Gasteiger partial charge in [0.15, 0.2) is 0 Å². The van der Waals surface area contributed by atoms with E-state index in [1.165, 1.54) is 14.2 Å². The Morgan fingerprint density at radius 1 is 1.06 bits per heavy atom. The fraction of sp³-hybridized carbons (Fsp3) is 0.333. The summed E-state index contributed by atoms with van der Waals surface area (Å²) in [6.45, 7) is 1.78. The van der Waals surface area contributed by atoms with E-state index in [9.17, 15) is 4.79 Å². The predicted molar refractivity (Wildman–Crippen MR) is 135 cm³/mol. The molecule has 4 rings (SSSR count). The first-order valence-corrected chi connectivity index (χ1v) is 11.1. The van der Waals surface area contributed by atoms with Crippen LogP contribution in [-0.4, -0.2) is 50.1 Å². The van der Waals surface area contributed by atoms with Gasteiger partial charge >= 0.3 is 0 Å². The monoisotopic (exact) mass is 506 g/mol. The summed E-state index contributed by atoms with van der Waals surface area (Å²) in [6, 6.07) is 10.9. The minimum atomic E-state index is -0.275. The molecule has 0 radical (unpaired) electrons. The number of nitrogens with one attached hydrogen (secondary N) is 2. The van der Waals surface area contributed by atoms with Gasteiger partial charge in [0.05, 0.1) is 55.2 Å². The molecular weight excluding hydrogens is 479 g/mol. The standard InChI is InChI=1S/C24H27ClN4O4.ClH/c1-31-17-6-4-16(5-7-17)29-23(15-8-10-26-11-9-15)18(14-27-29)24(30)28-20-12-19(25)21(32-2)13-22(20)33-3;/h4-7,12-15,26H,8-11H2,1-3H3,(H,28,30);1H. The predicted octanol–water partition coefficient (Wildman–Crippen LogP) is 4.69. The number of benzene rings is 2. The van der Waals surface area contributed by atoms with Crippen molar-refractivity contribution >= 4 is 35.6 Å². The maximum atomic E-state index is 13.4. The highest BCUT2D eigenvalue weighted by molar-refractivity contribution is 6.32. The fourth-order valence-corrected chi connectivity index (χ4v) is 4.34. The van der Waals surface area contributed by atoms with Gasteiger partial charge in [-0.25, -0.2) is 4.68 Å². The van der Waals surface area contributed by atoms with Gasteiger partial charge in [-0.15, -0.1) is 12.4 Å². The average Bonchev–Trinajstić information content (AvgIpc) is 3.30. The Bertz CT molecular complexity index is 1130. The van der Waals surface area contributed by atoms with Crippen LogP contribution in [0.5, 0.6) is 17.2 Å². The van der Waals surface area contributed by atoms with Crippen LogP contribution in [0.2, 0.25) is 5.02 Å². The van der Waals surface area contributed by atoms with Gasteiger partial charge in [-0.2, -0.15) is 5.10 Å². The summed E-state index contributed by atoms with van der Waals surface area (Å²) in [5, 5.41) is 11.3. The van der Waals surface area contributed by atoms with Crippen molar-refractivity contribution in [1.82, 2.24) is 15.1 Å². The lowest BCUT2D eigenvalue weighted by Crippen LogP contribution is -2.29. The van der Waals surface area contributed by atoms with Crippen molar-refractivity contribution < 1.29 is 19.0 Å². The van der Waals surface area contributed by atoms with Gasteiger partial charge < -0.3 is 24.8 Å². The van der Waals surface area contributed by atoms with E-state index < -0.39 is 0 Å². The molecule has 0 bridgehead atoms. The summed E-state index contributed by atoms with van der Waals surface area (Å²) < 4.78 is 17.8. The van der Waals surface area contributed by atoms with E-state index in [2.05, 4.69) is 15.7 Å². The first kappa shape index (κ1) is 25.7. The number of methoxy groups -OCH3 is 3. The second-order valence-corrected chi connectivity index (χ2v) is 8.13. The van der Waals surface area contributed by atoms with Gasteiger partial charge in [0.25, 0.3) is 5.91 Å². The van der Waals surface area contributed by atoms with E-state index in [-0.39, 0.29) is 24.2 Å². The zero-order valence-electron chi connectivity index (χ0n) is 19.3. The number of amides is 1. The zero-order chi connectivity index (χ0) is 23.4. The number of hydrogen-bond donors (Lipinski definition) is 2. The maximum Gasteiger partial charge on any atom is 0.259 e. The molecule has 2 aromatic carbocycles. The van der Waals surface area contributed by atoms with Crippen LogP contribution < -0.4 is 24.8 Å². The van der Waals surface area contributed by atoms with Crippen molar-refractivity contribution in [3.05, 3.63) is 58.9 Å². The molecule has 1 fully saturated rings. The Hall–Kier alpha value is -2.94. The third kappa shape index (κ3) is 5.24. The summed E-state index contributed by atoms with van der Waals surface area (Å²) in [4.78, 5) is 13.4. The first-order chi connectivity index (χ1) is 16.0. The van der Waals surface area contributed by atoms with Crippen molar-refractivity contribution in [2.45, 2.75) is 18.8 Å². The Labute approximate surface area is 209 Å². The Morgan fingerprint density at radius 3 is 2.35 bits per heavy atom. The minimum Gasteiger partial charge on any atom is -0.497 e. The van der Waals surface area contributed by atoms with Crippen LogP contribution in [0.3, 0.4) is 0 Å². The second kappa shape index (κ2) is 11.5. The molecule has 0 saturated carbocycles. The average molecular weight is 507 g/mol. The number of hydrogen-bond acceptors (Lipinski definition) is 6. The number of anilines is 1. The minimum absolute atomic E-state index is 0. The highest BCUT2D eigenvalue weighted by Crippen LogP contribution is 2.37. The number of piperidine rings is 1. The lowest BCUT2D eigenvalue weighted by atomic mass is 9.91. The highest BCUT2D eigenvalue weighted by Gasteiger charge is 2.27. The fourth-order valence-electron chi connectivity index (χ4n) is 4.10. The van der Waals surface area contributed by atoms with E-state index in [1.54, 1.807) is 25.4 Å². The molecule has 1 aromatic heterocycles.